The summed E-state index contributed by atoms with van der Waals surface area (Å²) in [4.78, 5) is 11.3. The largest absolute Gasteiger partial charge is 0.481 e. The van der Waals surface area contributed by atoms with Crippen molar-refractivity contribution < 1.29 is 9.53 Å². The van der Waals surface area contributed by atoms with Gasteiger partial charge in [0, 0.05) is 12.2 Å². The van der Waals surface area contributed by atoms with Crippen molar-refractivity contribution in [2.24, 2.45) is 0 Å². The van der Waals surface area contributed by atoms with Crippen molar-refractivity contribution in [3.8, 4) is 11.8 Å². The van der Waals surface area contributed by atoms with Crippen LogP contribution < -0.4 is 15.8 Å². The van der Waals surface area contributed by atoms with Crippen LogP contribution >= 0.6 is 23.2 Å². The Hall–Kier alpha value is -1.64. The molecule has 0 radical (unpaired) electrons. The summed E-state index contributed by atoms with van der Waals surface area (Å²) in [6.45, 7) is 0.0523. The van der Waals surface area contributed by atoms with Gasteiger partial charge in [-0.15, -0.1) is 0 Å². The molecule has 0 unspecified atom stereocenters. The third-order valence-electron chi connectivity index (χ3n) is 1.93. The number of nitrogen functional groups attached to an aromatic ring is 1. The molecule has 0 aromatic heterocycles. The number of benzene rings is 1. The van der Waals surface area contributed by atoms with Gasteiger partial charge in [0.15, 0.2) is 12.4 Å². The maximum atomic E-state index is 11.3. The number of halogens is 2. The molecule has 1 rings (SSSR count). The van der Waals surface area contributed by atoms with Gasteiger partial charge in [0.05, 0.1) is 22.5 Å². The normalized spacial score (nSPS) is 9.61. The van der Waals surface area contributed by atoms with Crippen LogP contribution in [0.5, 0.6) is 5.75 Å². The number of amides is 1. The van der Waals surface area contributed by atoms with Crippen molar-refractivity contribution in [3.05, 3.63) is 22.2 Å². The predicted molar refractivity (Wildman–Crippen MR) is 69.6 cm³/mol. The molecule has 7 heteroatoms. The molecule has 0 aliphatic heterocycles. The smallest absolute Gasteiger partial charge is 0.257 e. The lowest BCUT2D eigenvalue weighted by Gasteiger charge is -2.10. The molecule has 0 saturated carbocycles. The maximum absolute atomic E-state index is 11.3. The summed E-state index contributed by atoms with van der Waals surface area (Å²) in [5, 5.41) is 11.3. The molecule has 1 aromatic carbocycles. The fraction of sp³-hybridized carbons (Fsp3) is 0.273. The lowest BCUT2D eigenvalue weighted by Crippen LogP contribution is -2.29. The minimum Gasteiger partial charge on any atom is -0.481 e. The quantitative estimate of drug-likeness (QED) is 0.640. The van der Waals surface area contributed by atoms with E-state index in [1.165, 1.54) is 12.1 Å². The second-order valence-corrected chi connectivity index (χ2v) is 4.17. The summed E-state index contributed by atoms with van der Waals surface area (Å²) in [6, 6.07) is 4.87. The average molecular weight is 288 g/mol. The molecule has 0 bridgehead atoms. The highest BCUT2D eigenvalue weighted by Crippen LogP contribution is 2.34. The van der Waals surface area contributed by atoms with Crippen LogP contribution in [0, 0.1) is 11.3 Å². The number of carbonyl (C=O) groups is 1. The molecule has 96 valence electrons. The Kier molecular flexibility index (Phi) is 5.56. The van der Waals surface area contributed by atoms with Crippen LogP contribution in [0.2, 0.25) is 10.0 Å². The summed E-state index contributed by atoms with van der Waals surface area (Å²) >= 11 is 11.8. The molecule has 0 spiro atoms. The minimum absolute atomic E-state index is 0.211. The first-order valence-corrected chi connectivity index (χ1v) is 5.81. The molecule has 0 heterocycles. The van der Waals surface area contributed by atoms with Gasteiger partial charge in [0.25, 0.3) is 5.91 Å². The number of nitrogens with one attached hydrogen (secondary N) is 1. The summed E-state index contributed by atoms with van der Waals surface area (Å²) in [7, 11) is 0. The maximum Gasteiger partial charge on any atom is 0.257 e. The average Bonchev–Trinajstić information content (AvgIpc) is 2.27. The van der Waals surface area contributed by atoms with E-state index in [2.05, 4.69) is 5.32 Å². The van der Waals surface area contributed by atoms with Crippen molar-refractivity contribution >= 4 is 34.8 Å². The molecule has 3 N–H and O–H groups in total. The first kappa shape index (κ1) is 14.4. The summed E-state index contributed by atoms with van der Waals surface area (Å²) in [5.41, 5.74) is 5.94. The van der Waals surface area contributed by atoms with Gasteiger partial charge in [-0.05, 0) is 12.1 Å². The summed E-state index contributed by atoms with van der Waals surface area (Å²) in [5.74, 6) is -0.142. The Morgan fingerprint density at radius 1 is 1.44 bits per heavy atom. The summed E-state index contributed by atoms with van der Waals surface area (Å²) in [6.07, 6.45) is 0.245. The van der Waals surface area contributed by atoms with Crippen molar-refractivity contribution in [1.29, 1.82) is 5.26 Å². The number of hydrogen-bond acceptors (Lipinski definition) is 4. The Bertz CT molecular complexity index is 463. The van der Waals surface area contributed by atoms with Crippen molar-refractivity contribution in [2.75, 3.05) is 18.9 Å². The Morgan fingerprint density at radius 2 is 2.06 bits per heavy atom. The highest BCUT2D eigenvalue weighted by molar-refractivity contribution is 6.37. The van der Waals surface area contributed by atoms with E-state index in [-0.39, 0.29) is 41.3 Å². The lowest BCUT2D eigenvalue weighted by atomic mass is 10.3. The standard InChI is InChI=1S/C11H11Cl2N3O2/c12-8-4-7(15)5-9(13)11(8)18-6-10(17)16-3-1-2-14/h4-5H,1,3,6,15H2,(H,16,17). The second kappa shape index (κ2) is 6.94. The van der Waals surface area contributed by atoms with Gasteiger partial charge in [-0.2, -0.15) is 5.26 Å². The van der Waals surface area contributed by atoms with Gasteiger partial charge >= 0.3 is 0 Å². The number of nitrogens with zero attached hydrogens (tertiary/aromatic N) is 1. The van der Waals surface area contributed by atoms with Crippen LogP contribution in [0.25, 0.3) is 0 Å². The van der Waals surface area contributed by atoms with Gasteiger partial charge in [-0.1, -0.05) is 23.2 Å². The third kappa shape index (κ3) is 4.32. The number of ether oxygens (including phenoxy) is 1. The molecule has 5 nitrogen and oxygen atoms in total. The topological polar surface area (TPSA) is 88.1 Å². The van der Waals surface area contributed by atoms with E-state index in [0.717, 1.165) is 0 Å². The molecule has 0 atom stereocenters. The fourth-order valence-electron chi connectivity index (χ4n) is 1.16. The molecule has 1 aromatic rings. The minimum atomic E-state index is -0.353. The third-order valence-corrected chi connectivity index (χ3v) is 2.49. The number of nitriles is 1. The molecule has 0 aliphatic carbocycles. The van der Waals surface area contributed by atoms with Crippen LogP contribution in [0.15, 0.2) is 12.1 Å². The van der Waals surface area contributed by atoms with E-state index in [1.54, 1.807) is 0 Å². The molecule has 1 amide bonds. The van der Waals surface area contributed by atoms with Crippen LogP contribution in [0.1, 0.15) is 6.42 Å². The zero-order valence-electron chi connectivity index (χ0n) is 9.37. The Labute approximate surface area is 114 Å². The molecule has 0 fully saturated rings. The molecule has 18 heavy (non-hydrogen) atoms. The highest BCUT2D eigenvalue weighted by atomic mass is 35.5. The highest BCUT2D eigenvalue weighted by Gasteiger charge is 2.10. The van der Waals surface area contributed by atoms with Gasteiger partial charge in [-0.25, -0.2) is 0 Å². The van der Waals surface area contributed by atoms with Gasteiger partial charge in [0.2, 0.25) is 0 Å². The molecule has 0 aliphatic rings. The lowest BCUT2D eigenvalue weighted by molar-refractivity contribution is -0.123. The van der Waals surface area contributed by atoms with E-state index in [4.69, 9.17) is 38.9 Å². The van der Waals surface area contributed by atoms with E-state index >= 15 is 0 Å². The van der Waals surface area contributed by atoms with Crippen LogP contribution in [0.4, 0.5) is 5.69 Å². The van der Waals surface area contributed by atoms with E-state index < -0.39 is 0 Å². The molecular formula is C11H11Cl2N3O2. The fourth-order valence-corrected chi connectivity index (χ4v) is 1.78. The molecule has 0 saturated heterocycles. The number of anilines is 1. The van der Waals surface area contributed by atoms with Gasteiger partial charge in [-0.3, -0.25) is 4.79 Å². The predicted octanol–water partition coefficient (Wildman–Crippen LogP) is 1.98. The number of nitrogens with two attached hydrogens (primary N) is 1. The number of hydrogen-bond donors (Lipinski definition) is 2. The second-order valence-electron chi connectivity index (χ2n) is 3.36. The zero-order chi connectivity index (χ0) is 13.5. The van der Waals surface area contributed by atoms with Crippen LogP contribution in [-0.2, 0) is 4.79 Å². The van der Waals surface area contributed by atoms with E-state index in [1.807, 2.05) is 6.07 Å². The Balaban J connectivity index is 2.54. The van der Waals surface area contributed by atoms with Crippen LogP contribution in [0.3, 0.4) is 0 Å². The first-order chi connectivity index (χ1) is 8.54. The summed E-state index contributed by atoms with van der Waals surface area (Å²) < 4.78 is 5.20. The SMILES string of the molecule is N#CCCNC(=O)COc1c(Cl)cc(N)cc1Cl. The van der Waals surface area contributed by atoms with Crippen molar-refractivity contribution in [1.82, 2.24) is 5.32 Å². The Morgan fingerprint density at radius 3 is 2.61 bits per heavy atom. The van der Waals surface area contributed by atoms with E-state index in [0.29, 0.717) is 5.69 Å². The van der Waals surface area contributed by atoms with Gasteiger partial charge in [0.1, 0.15) is 0 Å². The van der Waals surface area contributed by atoms with Gasteiger partial charge < -0.3 is 15.8 Å². The van der Waals surface area contributed by atoms with E-state index in [9.17, 15) is 4.79 Å². The first-order valence-electron chi connectivity index (χ1n) is 5.05. The molecular weight excluding hydrogens is 277 g/mol. The monoisotopic (exact) mass is 287 g/mol. The number of carbonyl (C=O) groups excluding carboxylic acids is 1. The van der Waals surface area contributed by atoms with Crippen molar-refractivity contribution in [3.63, 3.8) is 0 Å². The van der Waals surface area contributed by atoms with Crippen molar-refractivity contribution in [2.45, 2.75) is 6.42 Å². The van der Waals surface area contributed by atoms with Crippen LogP contribution in [-0.4, -0.2) is 19.1 Å². The number of rotatable bonds is 5. The zero-order valence-corrected chi connectivity index (χ0v) is 10.9.